The van der Waals surface area contributed by atoms with Gasteiger partial charge in [0.1, 0.15) is 23.3 Å². The molecular formula is C60H51N5. The summed E-state index contributed by atoms with van der Waals surface area (Å²) in [4.78, 5) is 0. The lowest BCUT2D eigenvalue weighted by molar-refractivity contribution is 0.590. The van der Waals surface area contributed by atoms with Gasteiger partial charge in [0.25, 0.3) is 0 Å². The first-order chi connectivity index (χ1) is 31.5. The summed E-state index contributed by atoms with van der Waals surface area (Å²) in [6.07, 6.45) is 4.09. The molecule has 0 radical (unpaired) electrons. The molecule has 0 amide bonds. The molecule has 3 aromatic heterocycles. The molecule has 0 aliphatic heterocycles. The first kappa shape index (κ1) is 40.2. The van der Waals surface area contributed by atoms with Gasteiger partial charge < -0.3 is 13.7 Å². The fourth-order valence-corrected chi connectivity index (χ4v) is 10.7. The van der Waals surface area contributed by atoms with Crippen molar-refractivity contribution >= 4 is 60.6 Å². The molecule has 5 nitrogen and oxygen atoms in total. The van der Waals surface area contributed by atoms with E-state index in [0.717, 1.165) is 95.6 Å². The number of allylic oxidation sites excluding steroid dienone is 1. The van der Waals surface area contributed by atoms with Gasteiger partial charge in [-0.05, 0) is 83.2 Å². The van der Waals surface area contributed by atoms with Gasteiger partial charge in [-0.2, -0.15) is 10.5 Å². The van der Waals surface area contributed by atoms with Crippen LogP contribution in [0.3, 0.4) is 0 Å². The number of nitrogens with zero attached hydrogens (tertiary/aromatic N) is 5. The molecule has 0 N–H and O–H groups in total. The molecule has 1 aliphatic carbocycles. The van der Waals surface area contributed by atoms with Gasteiger partial charge in [-0.15, -0.1) is 0 Å². The van der Waals surface area contributed by atoms with Crippen molar-refractivity contribution in [2.75, 3.05) is 0 Å². The van der Waals surface area contributed by atoms with Gasteiger partial charge >= 0.3 is 0 Å². The lowest BCUT2D eigenvalue weighted by Gasteiger charge is -2.27. The summed E-state index contributed by atoms with van der Waals surface area (Å²) in [5.41, 5.74) is 15.9. The number of nitriles is 2. The number of hydrogen-bond acceptors (Lipinski definition) is 2. The zero-order valence-corrected chi connectivity index (χ0v) is 38.2. The Morgan fingerprint density at radius 2 is 0.954 bits per heavy atom. The van der Waals surface area contributed by atoms with Crippen molar-refractivity contribution in [1.82, 2.24) is 13.7 Å². The van der Waals surface area contributed by atoms with Crippen LogP contribution in [0.25, 0.3) is 88.8 Å². The van der Waals surface area contributed by atoms with Gasteiger partial charge in [0.2, 0.25) is 0 Å². The summed E-state index contributed by atoms with van der Waals surface area (Å²) in [6.45, 7) is 15.7. The monoisotopic (exact) mass is 841 g/mol. The maximum Gasteiger partial charge on any atom is 0.104 e. The Morgan fingerprint density at radius 1 is 0.492 bits per heavy atom. The Balaban J connectivity index is 1.44. The minimum absolute atomic E-state index is 0.0861. The molecule has 0 atom stereocenters. The first-order valence-electron chi connectivity index (χ1n) is 23.0. The number of fused-ring (bicyclic) bond motifs is 9. The molecule has 5 heteroatoms. The third-order valence-corrected chi connectivity index (χ3v) is 14.0. The summed E-state index contributed by atoms with van der Waals surface area (Å²) in [5, 5.41) is 29.8. The van der Waals surface area contributed by atoms with Crippen molar-refractivity contribution < 1.29 is 0 Å². The van der Waals surface area contributed by atoms with E-state index in [9.17, 15) is 10.5 Å². The van der Waals surface area contributed by atoms with Crippen molar-refractivity contribution in [2.45, 2.75) is 72.6 Å². The Labute approximate surface area is 380 Å². The van der Waals surface area contributed by atoms with Gasteiger partial charge in [-0.3, -0.25) is 0 Å². The maximum absolute atomic E-state index is 12.2. The number of aromatic nitrogens is 3. The van der Waals surface area contributed by atoms with Gasteiger partial charge in [0.05, 0.1) is 44.6 Å². The third-order valence-electron chi connectivity index (χ3n) is 14.0. The van der Waals surface area contributed by atoms with Crippen LogP contribution in [0.2, 0.25) is 0 Å². The van der Waals surface area contributed by atoms with E-state index in [1.54, 1.807) is 0 Å². The van der Waals surface area contributed by atoms with Crippen LogP contribution in [-0.4, -0.2) is 13.7 Å². The molecule has 0 spiro atoms. The first-order valence-corrected chi connectivity index (χ1v) is 23.0. The van der Waals surface area contributed by atoms with E-state index in [0.29, 0.717) is 28.7 Å². The van der Waals surface area contributed by atoms with E-state index in [4.69, 9.17) is 0 Å². The molecule has 10 aromatic rings. The Kier molecular flexibility index (Phi) is 9.28. The lowest BCUT2D eigenvalue weighted by Crippen LogP contribution is -2.16. The molecule has 1 aliphatic rings. The average Bonchev–Trinajstić information content (AvgIpc) is 3.95. The highest BCUT2D eigenvalue weighted by Crippen LogP contribution is 2.49. The molecule has 316 valence electrons. The molecule has 0 saturated heterocycles. The van der Waals surface area contributed by atoms with Crippen LogP contribution in [0, 0.1) is 28.6 Å². The van der Waals surface area contributed by atoms with Crippen LogP contribution in [0.1, 0.15) is 94.3 Å². The second kappa shape index (κ2) is 15.0. The molecule has 7 aromatic carbocycles. The Morgan fingerprint density at radius 3 is 1.38 bits per heavy atom. The Hall–Kier alpha value is -7.60. The summed E-state index contributed by atoms with van der Waals surface area (Å²) < 4.78 is 6.93. The fourth-order valence-electron chi connectivity index (χ4n) is 10.7. The standard InChI is InChI=1S/C60H51N5/c1-36(2)39-26-30-54-46(32-39)47-33-40(37(3)4)27-31-55(47)63(54)57-48(34-61)58(64-50-20-12-8-16-42(50)43-17-9-13-21-51(43)64)56(38-24-28-41(29-25-38)60(5,6)7)59(49(57)35-62)65-52-22-14-10-18-44(52)45-19-11-15-23-53(45)65/h8-26,28-30,32-33,36-37H,27,31H2,1-7H3. The predicted molar refractivity (Wildman–Crippen MR) is 271 cm³/mol. The summed E-state index contributed by atoms with van der Waals surface area (Å²) >= 11 is 0. The van der Waals surface area contributed by atoms with Crippen LogP contribution in [-0.2, 0) is 11.8 Å². The minimum Gasteiger partial charge on any atom is -0.310 e. The number of para-hydroxylation sites is 4. The quantitative estimate of drug-likeness (QED) is 0.167. The Bertz CT molecular complexity index is 3450. The highest BCUT2D eigenvalue weighted by molar-refractivity contribution is 6.13. The van der Waals surface area contributed by atoms with Gasteiger partial charge in [0, 0.05) is 43.8 Å². The summed E-state index contributed by atoms with van der Waals surface area (Å²) in [5.74, 6) is 0.722. The second-order valence-electron chi connectivity index (χ2n) is 19.5. The lowest BCUT2D eigenvalue weighted by atomic mass is 9.85. The van der Waals surface area contributed by atoms with Crippen molar-refractivity contribution in [3.05, 3.63) is 179 Å². The smallest absolute Gasteiger partial charge is 0.104 e. The summed E-state index contributed by atoms with van der Waals surface area (Å²) in [7, 11) is 0. The van der Waals surface area contributed by atoms with Crippen molar-refractivity contribution in [2.24, 2.45) is 5.92 Å². The van der Waals surface area contributed by atoms with Gasteiger partial charge in [-0.1, -0.05) is 163 Å². The molecule has 65 heavy (non-hydrogen) atoms. The normalized spacial score (nSPS) is 13.1. The number of hydrogen-bond donors (Lipinski definition) is 0. The number of rotatable bonds is 6. The molecule has 0 unspecified atom stereocenters. The third kappa shape index (κ3) is 6.03. The van der Waals surface area contributed by atoms with E-state index in [2.05, 4.69) is 220 Å². The van der Waals surface area contributed by atoms with E-state index in [1.807, 2.05) is 0 Å². The molecule has 11 rings (SSSR count). The molecular weight excluding hydrogens is 791 g/mol. The average molecular weight is 842 g/mol. The molecule has 0 fully saturated rings. The zero-order valence-electron chi connectivity index (χ0n) is 38.2. The van der Waals surface area contributed by atoms with Crippen LogP contribution in [0.5, 0.6) is 0 Å². The highest BCUT2D eigenvalue weighted by Gasteiger charge is 2.34. The second-order valence-corrected chi connectivity index (χ2v) is 19.5. The molecule has 3 heterocycles. The van der Waals surface area contributed by atoms with Crippen LogP contribution < -0.4 is 0 Å². The maximum atomic E-state index is 12.2. The molecule has 0 bridgehead atoms. The minimum atomic E-state index is -0.0861. The topological polar surface area (TPSA) is 62.4 Å². The van der Waals surface area contributed by atoms with E-state index in [-0.39, 0.29) is 5.41 Å². The predicted octanol–water partition coefficient (Wildman–Crippen LogP) is 15.6. The van der Waals surface area contributed by atoms with Crippen molar-refractivity contribution in [3.63, 3.8) is 0 Å². The highest BCUT2D eigenvalue weighted by atomic mass is 15.1. The zero-order chi connectivity index (χ0) is 44.9. The van der Waals surface area contributed by atoms with Crippen LogP contribution in [0.4, 0.5) is 0 Å². The van der Waals surface area contributed by atoms with E-state index in [1.165, 1.54) is 22.3 Å². The van der Waals surface area contributed by atoms with Gasteiger partial charge in [0.15, 0.2) is 0 Å². The largest absolute Gasteiger partial charge is 0.310 e. The summed E-state index contributed by atoms with van der Waals surface area (Å²) in [6, 6.07) is 55.4. The fraction of sp³-hybridized carbons (Fsp3) is 0.200. The van der Waals surface area contributed by atoms with Crippen LogP contribution >= 0.6 is 0 Å². The molecule has 0 saturated carbocycles. The van der Waals surface area contributed by atoms with E-state index < -0.39 is 0 Å². The van der Waals surface area contributed by atoms with Crippen molar-refractivity contribution in [1.29, 1.82) is 10.5 Å². The van der Waals surface area contributed by atoms with Crippen LogP contribution in [0.15, 0.2) is 145 Å². The van der Waals surface area contributed by atoms with Crippen molar-refractivity contribution in [3.8, 4) is 40.3 Å². The SMILES string of the molecule is CC(C)C1=Cc2c(n(-c3c(C#N)c(-n4c5ccccc5c5ccccc54)c(-c4ccc(C(C)(C)C)cc4)c(-n4c5ccccc5c5ccccc54)c3C#N)c3ccc(C(C)C)cc23)CC1. The van der Waals surface area contributed by atoms with E-state index >= 15 is 0 Å². The van der Waals surface area contributed by atoms with Gasteiger partial charge in [-0.25, -0.2) is 0 Å². The number of benzene rings is 7.